The largest absolute Gasteiger partial charge is 0.300 e. The summed E-state index contributed by atoms with van der Waals surface area (Å²) >= 11 is 2.96. The molecule has 0 aliphatic heterocycles. The molecule has 0 saturated carbocycles. The number of aryl methyl sites for hydroxylation is 1. The quantitative estimate of drug-likeness (QED) is 0.936. The third-order valence-corrected chi connectivity index (χ3v) is 4.13. The molecule has 2 rings (SSSR count). The molecule has 0 radical (unpaired) electrons. The van der Waals surface area contributed by atoms with Crippen LogP contribution in [0.5, 0.6) is 0 Å². The van der Waals surface area contributed by atoms with Gasteiger partial charge in [-0.2, -0.15) is 0 Å². The molecule has 0 aliphatic rings. The lowest BCUT2D eigenvalue weighted by atomic mass is 10.2. The van der Waals surface area contributed by atoms with Crippen molar-refractivity contribution >= 4 is 33.7 Å². The second-order valence-electron chi connectivity index (χ2n) is 4.18. The molecule has 0 spiro atoms. The Hall–Kier alpha value is -1.34. The molecule has 0 aromatic carbocycles. The van der Waals surface area contributed by atoms with Crippen LogP contribution in [0.4, 0.5) is 5.13 Å². The van der Waals surface area contributed by atoms with Crippen molar-refractivity contribution in [1.29, 1.82) is 0 Å². The molecule has 0 fully saturated rings. The molecular weight excluding hydrogens is 268 g/mol. The van der Waals surface area contributed by atoms with Crippen LogP contribution in [0.3, 0.4) is 0 Å². The third kappa shape index (κ3) is 3.33. The number of hydrogen-bond donors (Lipinski definition) is 1. The van der Waals surface area contributed by atoms with Crippen molar-refractivity contribution in [3.05, 3.63) is 21.1 Å². The van der Waals surface area contributed by atoms with Gasteiger partial charge in [-0.25, -0.2) is 4.98 Å². The fourth-order valence-electron chi connectivity index (χ4n) is 1.34. The number of hydrogen-bond acceptors (Lipinski definition) is 6. The molecule has 5 nitrogen and oxygen atoms in total. The van der Waals surface area contributed by atoms with Crippen LogP contribution in [0.1, 0.15) is 35.5 Å². The van der Waals surface area contributed by atoms with Crippen LogP contribution < -0.4 is 5.32 Å². The predicted molar refractivity (Wildman–Crippen MR) is 73.2 cm³/mol. The van der Waals surface area contributed by atoms with E-state index in [1.54, 1.807) is 11.3 Å². The van der Waals surface area contributed by atoms with Crippen molar-refractivity contribution in [2.24, 2.45) is 0 Å². The Morgan fingerprint density at radius 1 is 1.44 bits per heavy atom. The summed E-state index contributed by atoms with van der Waals surface area (Å²) in [6.07, 6.45) is 0.280. The summed E-state index contributed by atoms with van der Waals surface area (Å²) in [6.45, 7) is 6.03. The fraction of sp³-hybridized carbons (Fsp3) is 0.455. The van der Waals surface area contributed by atoms with Gasteiger partial charge in [-0.05, 0) is 6.92 Å². The van der Waals surface area contributed by atoms with E-state index >= 15 is 0 Å². The number of nitrogens with one attached hydrogen (secondary N) is 1. The molecule has 96 valence electrons. The molecule has 0 atom stereocenters. The van der Waals surface area contributed by atoms with Gasteiger partial charge in [-0.1, -0.05) is 25.2 Å². The minimum absolute atomic E-state index is 0.105. The standard InChI is InChI=1S/C11H14N4OS2/c1-6(2)10-12-8(5-17-10)4-9(16)13-11-15-14-7(3)18-11/h5-6H,4H2,1-3H3,(H,13,15,16). The minimum atomic E-state index is -0.105. The monoisotopic (exact) mass is 282 g/mol. The maximum atomic E-state index is 11.8. The minimum Gasteiger partial charge on any atom is -0.300 e. The zero-order valence-corrected chi connectivity index (χ0v) is 12.1. The van der Waals surface area contributed by atoms with Crippen molar-refractivity contribution in [3.8, 4) is 0 Å². The van der Waals surface area contributed by atoms with E-state index in [-0.39, 0.29) is 12.3 Å². The van der Waals surface area contributed by atoms with Gasteiger partial charge in [0.2, 0.25) is 11.0 Å². The van der Waals surface area contributed by atoms with E-state index in [9.17, 15) is 4.79 Å². The first kappa shape index (κ1) is 13.1. The highest BCUT2D eigenvalue weighted by Gasteiger charge is 2.11. The number of aromatic nitrogens is 3. The zero-order chi connectivity index (χ0) is 13.1. The highest BCUT2D eigenvalue weighted by atomic mass is 32.1. The average molecular weight is 282 g/mol. The maximum Gasteiger partial charge on any atom is 0.232 e. The third-order valence-electron chi connectivity index (χ3n) is 2.18. The lowest BCUT2D eigenvalue weighted by Gasteiger charge is -1.99. The van der Waals surface area contributed by atoms with Crippen LogP contribution in [0.25, 0.3) is 0 Å². The topological polar surface area (TPSA) is 67.8 Å². The van der Waals surface area contributed by atoms with Gasteiger partial charge in [0.15, 0.2) is 0 Å². The normalized spacial score (nSPS) is 10.9. The number of carbonyl (C=O) groups excluding carboxylic acids is 1. The summed E-state index contributed by atoms with van der Waals surface area (Å²) in [5.74, 6) is 0.296. The van der Waals surface area contributed by atoms with Crippen LogP contribution in [0.15, 0.2) is 5.38 Å². The van der Waals surface area contributed by atoms with Gasteiger partial charge >= 0.3 is 0 Å². The lowest BCUT2D eigenvalue weighted by Crippen LogP contribution is -2.14. The molecular formula is C11H14N4OS2. The Morgan fingerprint density at radius 3 is 2.78 bits per heavy atom. The van der Waals surface area contributed by atoms with Crippen molar-refractivity contribution in [3.63, 3.8) is 0 Å². The molecule has 0 aliphatic carbocycles. The molecule has 0 bridgehead atoms. The molecule has 18 heavy (non-hydrogen) atoms. The Bertz CT molecular complexity index is 547. The predicted octanol–water partition coefficient (Wildman–Crippen LogP) is 2.61. The van der Waals surface area contributed by atoms with Crippen LogP contribution in [-0.2, 0) is 11.2 Å². The van der Waals surface area contributed by atoms with E-state index in [1.807, 2.05) is 12.3 Å². The molecule has 0 unspecified atom stereocenters. The van der Waals surface area contributed by atoms with Gasteiger partial charge < -0.3 is 5.32 Å². The summed E-state index contributed by atoms with van der Waals surface area (Å²) in [6, 6.07) is 0. The molecule has 2 aromatic heterocycles. The van der Waals surface area contributed by atoms with Crippen LogP contribution >= 0.6 is 22.7 Å². The van der Waals surface area contributed by atoms with Crippen LogP contribution in [0.2, 0.25) is 0 Å². The van der Waals surface area contributed by atoms with Gasteiger partial charge in [0.25, 0.3) is 0 Å². The fourth-order valence-corrected chi connectivity index (χ4v) is 2.79. The Morgan fingerprint density at radius 2 is 2.22 bits per heavy atom. The number of carbonyl (C=O) groups is 1. The van der Waals surface area contributed by atoms with Crippen molar-refractivity contribution in [2.45, 2.75) is 33.1 Å². The van der Waals surface area contributed by atoms with E-state index in [0.717, 1.165) is 15.7 Å². The van der Waals surface area contributed by atoms with E-state index in [4.69, 9.17) is 0 Å². The SMILES string of the molecule is Cc1nnc(NC(=O)Cc2csc(C(C)C)n2)s1. The molecule has 1 amide bonds. The highest BCUT2D eigenvalue weighted by molar-refractivity contribution is 7.15. The zero-order valence-electron chi connectivity index (χ0n) is 10.4. The number of rotatable bonds is 4. The Kier molecular flexibility index (Phi) is 4.03. The van der Waals surface area contributed by atoms with Crippen molar-refractivity contribution in [1.82, 2.24) is 15.2 Å². The van der Waals surface area contributed by atoms with Gasteiger partial charge in [0.1, 0.15) is 5.01 Å². The second-order valence-corrected chi connectivity index (χ2v) is 6.25. The maximum absolute atomic E-state index is 11.8. The number of amides is 1. The smallest absolute Gasteiger partial charge is 0.232 e. The van der Waals surface area contributed by atoms with E-state index < -0.39 is 0 Å². The summed E-state index contributed by atoms with van der Waals surface area (Å²) in [5.41, 5.74) is 0.808. The van der Waals surface area contributed by atoms with Gasteiger partial charge in [0.05, 0.1) is 17.1 Å². The Balaban J connectivity index is 1.94. The molecule has 0 saturated heterocycles. The van der Waals surface area contributed by atoms with Gasteiger partial charge in [0, 0.05) is 11.3 Å². The summed E-state index contributed by atoms with van der Waals surface area (Å²) in [7, 11) is 0. The molecule has 1 N–H and O–H groups in total. The number of nitrogens with zero attached hydrogens (tertiary/aromatic N) is 3. The number of thiazole rings is 1. The van der Waals surface area contributed by atoms with E-state index in [0.29, 0.717) is 11.0 Å². The summed E-state index contributed by atoms with van der Waals surface area (Å²) in [4.78, 5) is 16.2. The highest BCUT2D eigenvalue weighted by Crippen LogP contribution is 2.20. The molecule has 2 aromatic rings. The summed E-state index contributed by atoms with van der Waals surface area (Å²) in [5, 5.41) is 14.8. The first-order valence-electron chi connectivity index (χ1n) is 5.59. The Labute approximate surface area is 113 Å². The van der Waals surface area contributed by atoms with E-state index in [2.05, 4.69) is 34.3 Å². The van der Waals surface area contributed by atoms with Crippen molar-refractivity contribution < 1.29 is 4.79 Å². The molecule has 2 heterocycles. The van der Waals surface area contributed by atoms with Crippen LogP contribution in [0, 0.1) is 6.92 Å². The lowest BCUT2D eigenvalue weighted by molar-refractivity contribution is -0.115. The van der Waals surface area contributed by atoms with E-state index in [1.165, 1.54) is 11.3 Å². The molecule has 7 heteroatoms. The average Bonchev–Trinajstić information content (AvgIpc) is 2.88. The first-order valence-corrected chi connectivity index (χ1v) is 7.28. The second kappa shape index (κ2) is 5.53. The van der Waals surface area contributed by atoms with Crippen molar-refractivity contribution in [2.75, 3.05) is 5.32 Å². The van der Waals surface area contributed by atoms with Gasteiger partial charge in [-0.15, -0.1) is 21.5 Å². The van der Waals surface area contributed by atoms with Gasteiger partial charge in [-0.3, -0.25) is 4.79 Å². The first-order chi connectivity index (χ1) is 8.54. The van der Waals surface area contributed by atoms with Crippen LogP contribution in [-0.4, -0.2) is 21.1 Å². The summed E-state index contributed by atoms with van der Waals surface area (Å²) < 4.78 is 0. The number of anilines is 1.